The lowest BCUT2D eigenvalue weighted by atomic mass is 10.1. The summed E-state index contributed by atoms with van der Waals surface area (Å²) in [6.45, 7) is 1.57. The van der Waals surface area contributed by atoms with Crippen LogP contribution < -0.4 is 15.5 Å². The molecular weight excluding hydrogens is 461 g/mol. The van der Waals surface area contributed by atoms with Crippen molar-refractivity contribution in [3.63, 3.8) is 0 Å². The maximum Gasteiger partial charge on any atom is 0.262 e. The molecule has 0 aromatic heterocycles. The van der Waals surface area contributed by atoms with Gasteiger partial charge in [-0.2, -0.15) is 5.10 Å². The van der Waals surface area contributed by atoms with Gasteiger partial charge in [0, 0.05) is 11.4 Å². The minimum atomic E-state index is -0.900. The maximum absolute atomic E-state index is 12.8. The zero-order valence-corrected chi connectivity index (χ0v) is 19.4. The molecule has 3 rings (SSSR count). The van der Waals surface area contributed by atoms with Crippen molar-refractivity contribution < 1.29 is 14.3 Å². The molecule has 0 saturated carbocycles. The summed E-state index contributed by atoms with van der Waals surface area (Å²) in [4.78, 5) is 25.6. The molecule has 0 heterocycles. The second kappa shape index (κ2) is 12.0. The predicted molar refractivity (Wildman–Crippen MR) is 131 cm³/mol. The highest BCUT2D eigenvalue weighted by atomic mass is 35.5. The summed E-state index contributed by atoms with van der Waals surface area (Å²) in [5, 5.41) is 7.50. The molecule has 0 fully saturated rings. The first kappa shape index (κ1) is 24.3. The summed E-state index contributed by atoms with van der Waals surface area (Å²) in [6, 6.07) is 22.6. The smallest absolute Gasteiger partial charge is 0.262 e. The van der Waals surface area contributed by atoms with Gasteiger partial charge in [-0.05, 0) is 36.2 Å². The minimum Gasteiger partial charge on any atom is -0.479 e. The first-order chi connectivity index (χ1) is 15.9. The van der Waals surface area contributed by atoms with Crippen molar-refractivity contribution in [2.24, 2.45) is 5.10 Å². The van der Waals surface area contributed by atoms with Gasteiger partial charge in [0.05, 0.1) is 11.2 Å². The number of hydrogen-bond acceptors (Lipinski definition) is 4. The summed E-state index contributed by atoms with van der Waals surface area (Å²) in [6.07, 6.45) is 0.920. The van der Waals surface area contributed by atoms with Gasteiger partial charge in [0.2, 0.25) is 0 Å². The number of amides is 2. The van der Waals surface area contributed by atoms with E-state index in [0.29, 0.717) is 10.8 Å². The molecule has 3 aromatic carbocycles. The van der Waals surface area contributed by atoms with Gasteiger partial charge in [0.1, 0.15) is 11.8 Å². The van der Waals surface area contributed by atoms with E-state index in [1.807, 2.05) is 60.7 Å². The van der Waals surface area contributed by atoms with E-state index in [4.69, 9.17) is 27.9 Å². The third-order valence-corrected chi connectivity index (χ3v) is 5.20. The fraction of sp³-hybridized carbons (Fsp3) is 0.160. The number of carbonyl (C=O) groups is 2. The van der Waals surface area contributed by atoms with Crippen LogP contribution in [0.25, 0.3) is 0 Å². The molecule has 0 aliphatic carbocycles. The minimum absolute atomic E-state index is 0.285. The van der Waals surface area contributed by atoms with E-state index < -0.39 is 24.0 Å². The Morgan fingerprint density at radius 2 is 1.64 bits per heavy atom. The van der Waals surface area contributed by atoms with Gasteiger partial charge in [-0.25, -0.2) is 5.43 Å². The average Bonchev–Trinajstić information content (AvgIpc) is 2.81. The van der Waals surface area contributed by atoms with Crippen LogP contribution in [-0.2, 0) is 16.0 Å². The van der Waals surface area contributed by atoms with Gasteiger partial charge in [-0.15, -0.1) is 0 Å². The first-order valence-corrected chi connectivity index (χ1v) is 11.0. The van der Waals surface area contributed by atoms with E-state index in [2.05, 4.69) is 15.8 Å². The molecule has 3 aromatic rings. The zero-order valence-electron chi connectivity index (χ0n) is 17.9. The highest BCUT2D eigenvalue weighted by Crippen LogP contribution is 2.28. The van der Waals surface area contributed by atoms with E-state index >= 15 is 0 Å². The van der Waals surface area contributed by atoms with Crippen molar-refractivity contribution in [3.05, 3.63) is 100 Å². The number of hydrazone groups is 1. The lowest BCUT2D eigenvalue weighted by Crippen LogP contribution is -2.50. The normalized spacial score (nSPS) is 12.7. The van der Waals surface area contributed by atoms with Gasteiger partial charge in [0.25, 0.3) is 11.8 Å². The van der Waals surface area contributed by atoms with Crippen LogP contribution in [0.2, 0.25) is 10.0 Å². The number of ether oxygens (including phenoxy) is 1. The van der Waals surface area contributed by atoms with Crippen LogP contribution in [0.5, 0.6) is 5.75 Å². The summed E-state index contributed by atoms with van der Waals surface area (Å²) < 4.78 is 5.67. The molecule has 0 saturated heterocycles. The van der Waals surface area contributed by atoms with Gasteiger partial charge >= 0.3 is 0 Å². The molecule has 2 amide bonds. The molecule has 0 unspecified atom stereocenters. The fourth-order valence-electron chi connectivity index (χ4n) is 2.95. The van der Waals surface area contributed by atoms with Crippen LogP contribution in [0.1, 0.15) is 18.1 Å². The second-order valence-electron chi connectivity index (χ2n) is 7.23. The van der Waals surface area contributed by atoms with E-state index in [1.165, 1.54) is 12.3 Å². The van der Waals surface area contributed by atoms with E-state index in [0.717, 1.165) is 11.1 Å². The molecule has 8 heteroatoms. The van der Waals surface area contributed by atoms with Crippen LogP contribution in [0.15, 0.2) is 84.0 Å². The Kier molecular flexibility index (Phi) is 8.87. The largest absolute Gasteiger partial charge is 0.479 e. The number of carbonyl (C=O) groups excluding carboxylic acids is 2. The number of benzene rings is 3. The summed E-state index contributed by atoms with van der Waals surface area (Å²) in [7, 11) is 0. The fourth-order valence-corrected chi connectivity index (χ4v) is 3.40. The molecule has 170 valence electrons. The van der Waals surface area contributed by atoms with Crippen LogP contribution >= 0.6 is 23.2 Å². The monoisotopic (exact) mass is 483 g/mol. The molecule has 0 bridgehead atoms. The quantitative estimate of drug-likeness (QED) is 0.343. The molecule has 0 aliphatic heterocycles. The third kappa shape index (κ3) is 7.63. The first-order valence-electron chi connectivity index (χ1n) is 10.3. The highest BCUT2D eigenvalue weighted by molar-refractivity contribution is 6.35. The van der Waals surface area contributed by atoms with E-state index in [-0.39, 0.29) is 11.4 Å². The number of nitrogens with zero attached hydrogens (tertiary/aromatic N) is 1. The topological polar surface area (TPSA) is 79.8 Å². The molecular formula is C25H23Cl2N3O3. The molecule has 0 radical (unpaired) electrons. The Balaban J connectivity index is 1.68. The number of halogens is 2. The second-order valence-corrected chi connectivity index (χ2v) is 8.07. The lowest BCUT2D eigenvalue weighted by Gasteiger charge is -2.21. The third-order valence-electron chi connectivity index (χ3n) is 4.67. The number of hydrogen-bond donors (Lipinski definition) is 2. The average molecular weight is 484 g/mol. The Hall–Kier alpha value is -3.35. The Morgan fingerprint density at radius 1 is 0.970 bits per heavy atom. The Labute approximate surface area is 202 Å². The van der Waals surface area contributed by atoms with Crippen molar-refractivity contribution in [1.82, 2.24) is 10.7 Å². The standard InChI is InChI=1S/C25H23Cl2N3O3/c1-17(33-23-13-12-20(26)15-21(23)27)24(31)29-22(14-18-8-4-2-5-9-18)25(32)30-28-16-19-10-6-3-7-11-19/h2-13,15-17,22H,14H2,1H3,(H,29,31)(H,30,32)/b28-16-/t17-,22+/m0/s1. The van der Waals surface area contributed by atoms with Crippen molar-refractivity contribution >= 4 is 41.2 Å². The van der Waals surface area contributed by atoms with E-state index in [9.17, 15) is 9.59 Å². The van der Waals surface area contributed by atoms with Gasteiger partial charge < -0.3 is 10.1 Å². The molecule has 6 nitrogen and oxygen atoms in total. The molecule has 2 N–H and O–H groups in total. The number of rotatable bonds is 9. The summed E-state index contributed by atoms with van der Waals surface area (Å²) in [5.41, 5.74) is 4.22. The van der Waals surface area contributed by atoms with Crippen molar-refractivity contribution in [2.75, 3.05) is 0 Å². The van der Waals surface area contributed by atoms with Crippen LogP contribution in [0, 0.1) is 0 Å². The van der Waals surface area contributed by atoms with Gasteiger partial charge in [0.15, 0.2) is 6.10 Å². The number of nitrogens with one attached hydrogen (secondary N) is 2. The lowest BCUT2D eigenvalue weighted by molar-refractivity contribution is -0.132. The van der Waals surface area contributed by atoms with Gasteiger partial charge in [-0.1, -0.05) is 83.9 Å². The van der Waals surface area contributed by atoms with Crippen LogP contribution in [-0.4, -0.2) is 30.2 Å². The summed E-state index contributed by atoms with van der Waals surface area (Å²) in [5.74, 6) is -0.597. The molecule has 33 heavy (non-hydrogen) atoms. The molecule has 0 aliphatic rings. The van der Waals surface area contributed by atoms with Crippen molar-refractivity contribution in [1.29, 1.82) is 0 Å². The summed E-state index contributed by atoms with van der Waals surface area (Å²) >= 11 is 12.0. The van der Waals surface area contributed by atoms with Gasteiger partial charge in [-0.3, -0.25) is 9.59 Å². The van der Waals surface area contributed by atoms with Crippen molar-refractivity contribution in [3.8, 4) is 5.75 Å². The van der Waals surface area contributed by atoms with E-state index in [1.54, 1.807) is 19.1 Å². The van der Waals surface area contributed by atoms with Crippen molar-refractivity contribution in [2.45, 2.75) is 25.5 Å². The zero-order chi connectivity index (χ0) is 23.6. The van der Waals surface area contributed by atoms with Crippen LogP contribution in [0.4, 0.5) is 0 Å². The predicted octanol–water partition coefficient (Wildman–Crippen LogP) is 4.64. The molecule has 0 spiro atoms. The molecule has 2 atom stereocenters. The highest BCUT2D eigenvalue weighted by Gasteiger charge is 2.25. The Morgan fingerprint density at radius 3 is 2.30 bits per heavy atom. The van der Waals surface area contributed by atoms with Crippen LogP contribution in [0.3, 0.4) is 0 Å². The Bertz CT molecular complexity index is 1110. The maximum atomic E-state index is 12.8. The SMILES string of the molecule is C[C@H](Oc1ccc(Cl)cc1Cl)C(=O)N[C@H](Cc1ccccc1)C(=O)N/N=C\c1ccccc1.